The van der Waals surface area contributed by atoms with Crippen LogP contribution >= 0.6 is 0 Å². The van der Waals surface area contributed by atoms with Gasteiger partial charge in [0.1, 0.15) is 0 Å². The topological polar surface area (TPSA) is 57.0 Å². The molecule has 0 unspecified atom stereocenters. The average molecular weight is 392 g/mol. The van der Waals surface area contributed by atoms with Crippen LogP contribution in [0.5, 0.6) is 6.01 Å². The number of rotatable bonds is 9. The van der Waals surface area contributed by atoms with Gasteiger partial charge in [0.15, 0.2) is 5.82 Å². The Kier molecular flexibility index (Phi) is 7.17. The van der Waals surface area contributed by atoms with Crippen molar-refractivity contribution >= 4 is 5.91 Å². The Morgan fingerprint density at radius 3 is 2.38 bits per heavy atom. The highest BCUT2D eigenvalue weighted by atomic mass is 16.5. The molecule has 0 aliphatic carbocycles. The van der Waals surface area contributed by atoms with Crippen LogP contribution in [0.1, 0.15) is 62.4 Å². The quantitative estimate of drug-likeness (QED) is 0.449. The highest BCUT2D eigenvalue weighted by Gasteiger charge is 2.20. The molecule has 2 aromatic carbocycles. The van der Waals surface area contributed by atoms with Gasteiger partial charge < -0.3 is 4.74 Å². The van der Waals surface area contributed by atoms with Crippen LogP contribution in [-0.2, 0) is 6.42 Å². The second-order valence-corrected chi connectivity index (χ2v) is 7.48. The molecule has 0 N–H and O–H groups in total. The predicted molar refractivity (Wildman–Crippen MR) is 115 cm³/mol. The summed E-state index contributed by atoms with van der Waals surface area (Å²) >= 11 is 0. The van der Waals surface area contributed by atoms with E-state index in [1.807, 2.05) is 68.4 Å². The molecule has 5 nitrogen and oxygen atoms in total. The molecule has 0 bridgehead atoms. The zero-order valence-corrected chi connectivity index (χ0v) is 17.5. The van der Waals surface area contributed by atoms with Crippen LogP contribution in [0.15, 0.2) is 54.6 Å². The number of benzene rings is 2. The smallest absolute Gasteiger partial charge is 0.336 e. The van der Waals surface area contributed by atoms with E-state index in [0.29, 0.717) is 11.4 Å². The van der Waals surface area contributed by atoms with Crippen molar-refractivity contribution in [3.63, 3.8) is 0 Å². The molecule has 0 fully saturated rings. The van der Waals surface area contributed by atoms with E-state index in [4.69, 9.17) is 4.74 Å². The molecule has 3 aromatic rings. The minimum atomic E-state index is -0.215. The van der Waals surface area contributed by atoms with Gasteiger partial charge in [-0.1, -0.05) is 68.7 Å². The second kappa shape index (κ2) is 10.0. The number of aromatic nitrogens is 3. The minimum Gasteiger partial charge on any atom is -0.460 e. The lowest BCUT2D eigenvalue weighted by Gasteiger charge is -2.06. The van der Waals surface area contributed by atoms with Crippen molar-refractivity contribution in [3.05, 3.63) is 65.7 Å². The molecule has 0 aliphatic heterocycles. The maximum Gasteiger partial charge on any atom is 0.336 e. The van der Waals surface area contributed by atoms with Crippen LogP contribution in [0.2, 0.25) is 0 Å². The summed E-state index contributed by atoms with van der Waals surface area (Å²) < 4.78 is 6.97. The normalized spacial score (nSPS) is 11.0. The van der Waals surface area contributed by atoms with Crippen molar-refractivity contribution in [3.8, 4) is 17.4 Å². The van der Waals surface area contributed by atoms with Gasteiger partial charge in [0.25, 0.3) is 5.91 Å². The molecule has 29 heavy (non-hydrogen) atoms. The number of aryl methyl sites for hydroxylation is 1. The molecule has 0 amide bonds. The van der Waals surface area contributed by atoms with Crippen molar-refractivity contribution in [2.75, 3.05) is 0 Å². The Labute approximate surface area is 172 Å². The zero-order valence-electron chi connectivity index (χ0n) is 17.5. The third-order valence-electron chi connectivity index (χ3n) is 4.67. The summed E-state index contributed by atoms with van der Waals surface area (Å²) in [7, 11) is 0. The summed E-state index contributed by atoms with van der Waals surface area (Å²) in [5.41, 5.74) is 2.66. The molecule has 152 valence electrons. The molecule has 1 aromatic heterocycles. The van der Waals surface area contributed by atoms with Gasteiger partial charge >= 0.3 is 6.01 Å². The van der Waals surface area contributed by atoms with Crippen LogP contribution in [0.3, 0.4) is 0 Å². The number of carbonyl (C=O) groups is 1. The average Bonchev–Trinajstić information content (AvgIpc) is 3.15. The van der Waals surface area contributed by atoms with Gasteiger partial charge in [-0.15, -0.1) is 5.10 Å². The van der Waals surface area contributed by atoms with Crippen LogP contribution < -0.4 is 4.74 Å². The maximum absolute atomic E-state index is 13.2. The highest BCUT2D eigenvalue weighted by molar-refractivity contribution is 5.97. The van der Waals surface area contributed by atoms with E-state index < -0.39 is 0 Å². The predicted octanol–water partition coefficient (Wildman–Crippen LogP) is 5.54. The minimum absolute atomic E-state index is 0.0726. The molecule has 0 saturated carbocycles. The van der Waals surface area contributed by atoms with E-state index in [1.54, 1.807) is 0 Å². The van der Waals surface area contributed by atoms with E-state index in [1.165, 1.54) is 35.9 Å². The Morgan fingerprint density at radius 2 is 1.72 bits per heavy atom. The lowest BCUT2D eigenvalue weighted by Crippen LogP contribution is -2.15. The van der Waals surface area contributed by atoms with E-state index in [9.17, 15) is 4.79 Å². The van der Waals surface area contributed by atoms with Crippen molar-refractivity contribution in [1.82, 2.24) is 14.8 Å². The van der Waals surface area contributed by atoms with Gasteiger partial charge in [0.2, 0.25) is 0 Å². The first kappa shape index (κ1) is 20.8. The Hall–Kier alpha value is -2.95. The van der Waals surface area contributed by atoms with Crippen LogP contribution in [-0.4, -0.2) is 26.8 Å². The fourth-order valence-electron chi connectivity index (χ4n) is 3.16. The molecule has 0 spiro atoms. The van der Waals surface area contributed by atoms with Crippen LogP contribution in [0, 0.1) is 0 Å². The summed E-state index contributed by atoms with van der Waals surface area (Å²) in [6.45, 7) is 6.03. The van der Waals surface area contributed by atoms with Gasteiger partial charge in [0.05, 0.1) is 6.10 Å². The number of hydrogen-bond donors (Lipinski definition) is 0. The van der Waals surface area contributed by atoms with E-state index in [2.05, 4.69) is 17.0 Å². The number of ether oxygens (including phenoxy) is 1. The number of hydrogen-bond acceptors (Lipinski definition) is 4. The number of carbonyl (C=O) groups excluding carboxylic acids is 1. The SMILES string of the molecule is CCCCCCc1ccc(C(=O)n2nc(OC(C)C)nc2-c2ccccc2)cc1. The third kappa shape index (κ3) is 5.53. The molecule has 0 atom stereocenters. The first-order valence-corrected chi connectivity index (χ1v) is 10.4. The molecular weight excluding hydrogens is 362 g/mol. The maximum atomic E-state index is 13.2. The van der Waals surface area contributed by atoms with E-state index >= 15 is 0 Å². The number of unbranched alkanes of at least 4 members (excludes halogenated alkanes) is 3. The van der Waals surface area contributed by atoms with Gasteiger partial charge in [-0.25, -0.2) is 0 Å². The monoisotopic (exact) mass is 391 g/mol. The Morgan fingerprint density at radius 1 is 1.00 bits per heavy atom. The summed E-state index contributed by atoms with van der Waals surface area (Å²) in [6.07, 6.45) is 5.90. The van der Waals surface area contributed by atoms with E-state index in [-0.39, 0.29) is 18.0 Å². The molecule has 5 heteroatoms. The largest absolute Gasteiger partial charge is 0.460 e. The molecule has 1 heterocycles. The van der Waals surface area contributed by atoms with Crippen molar-refractivity contribution in [2.45, 2.75) is 59.0 Å². The zero-order chi connectivity index (χ0) is 20.6. The Bertz CT molecular complexity index is 915. The standard InChI is InChI=1S/C24H29N3O2/c1-4-5-6-8-11-19-14-16-21(17-15-19)23(28)27-22(20-12-9-7-10-13-20)25-24(26-27)29-18(2)3/h7,9-10,12-18H,4-6,8,11H2,1-3H3. The van der Waals surface area contributed by atoms with Crippen LogP contribution in [0.25, 0.3) is 11.4 Å². The van der Waals surface area contributed by atoms with Gasteiger partial charge in [-0.2, -0.15) is 9.67 Å². The highest BCUT2D eigenvalue weighted by Crippen LogP contribution is 2.22. The second-order valence-electron chi connectivity index (χ2n) is 7.48. The van der Waals surface area contributed by atoms with Crippen molar-refractivity contribution < 1.29 is 9.53 Å². The summed E-state index contributed by atoms with van der Waals surface area (Å²) in [6, 6.07) is 17.6. The fraction of sp³-hybridized carbons (Fsp3) is 0.375. The molecule has 0 saturated heterocycles. The summed E-state index contributed by atoms with van der Waals surface area (Å²) in [5, 5.41) is 4.33. The van der Waals surface area contributed by atoms with Gasteiger partial charge in [0, 0.05) is 11.1 Å². The molecular formula is C24H29N3O2. The first-order chi connectivity index (χ1) is 14.1. The van der Waals surface area contributed by atoms with Crippen LogP contribution in [0.4, 0.5) is 0 Å². The van der Waals surface area contributed by atoms with E-state index in [0.717, 1.165) is 12.0 Å². The van der Waals surface area contributed by atoms with Gasteiger partial charge in [-0.05, 0) is 44.4 Å². The lowest BCUT2D eigenvalue weighted by molar-refractivity contribution is 0.0943. The van der Waals surface area contributed by atoms with Gasteiger partial charge in [-0.3, -0.25) is 4.79 Å². The van der Waals surface area contributed by atoms with Crippen molar-refractivity contribution in [1.29, 1.82) is 0 Å². The third-order valence-corrected chi connectivity index (χ3v) is 4.67. The fourth-order valence-corrected chi connectivity index (χ4v) is 3.16. The molecule has 0 aliphatic rings. The first-order valence-electron chi connectivity index (χ1n) is 10.4. The summed E-state index contributed by atoms with van der Waals surface area (Å²) in [4.78, 5) is 17.6. The Balaban J connectivity index is 1.83. The summed E-state index contributed by atoms with van der Waals surface area (Å²) in [5.74, 6) is 0.266. The van der Waals surface area contributed by atoms with Crippen molar-refractivity contribution in [2.24, 2.45) is 0 Å². The molecule has 0 radical (unpaired) electrons. The molecule has 3 rings (SSSR count). The number of nitrogens with zero attached hydrogens (tertiary/aromatic N) is 3. The lowest BCUT2D eigenvalue weighted by atomic mass is 10.0.